The lowest BCUT2D eigenvalue weighted by Crippen LogP contribution is -2.20. The van der Waals surface area contributed by atoms with Crippen molar-refractivity contribution in [3.05, 3.63) is 22.9 Å². The molecule has 2 rings (SSSR count). The van der Waals surface area contributed by atoms with Crippen molar-refractivity contribution in [2.24, 2.45) is 5.92 Å². The fraction of sp³-hybridized carbons (Fsp3) is 0.600. The number of aromatic nitrogens is 2. The summed E-state index contributed by atoms with van der Waals surface area (Å²) in [7, 11) is 0. The van der Waals surface area contributed by atoms with Crippen LogP contribution in [0.1, 0.15) is 12.8 Å². The van der Waals surface area contributed by atoms with Crippen molar-refractivity contribution in [1.82, 2.24) is 9.55 Å². The molecular formula is C10H15N3OS. The minimum Gasteiger partial charge on any atom is -0.393 e. The van der Waals surface area contributed by atoms with Crippen LogP contribution in [0.5, 0.6) is 0 Å². The van der Waals surface area contributed by atoms with Gasteiger partial charge in [0, 0.05) is 12.7 Å². The van der Waals surface area contributed by atoms with Gasteiger partial charge < -0.3 is 10.3 Å². The number of thioether (sulfide) groups is 1. The first-order valence-electron chi connectivity index (χ1n) is 5.15. The SMILES string of the molecule is Nc1cn(CC2CCSCC2)cnc1=O. The summed E-state index contributed by atoms with van der Waals surface area (Å²) in [5.41, 5.74) is 5.44. The first kappa shape index (κ1) is 10.5. The summed E-state index contributed by atoms with van der Waals surface area (Å²) in [5.74, 6) is 3.19. The number of rotatable bonds is 2. The maximum absolute atomic E-state index is 11.0. The average Bonchev–Trinajstić information content (AvgIpc) is 2.25. The molecule has 0 saturated carbocycles. The summed E-state index contributed by atoms with van der Waals surface area (Å²) in [6.07, 6.45) is 5.77. The Morgan fingerprint density at radius 3 is 2.93 bits per heavy atom. The molecule has 1 saturated heterocycles. The Bertz CT molecular complexity index is 384. The van der Waals surface area contributed by atoms with Gasteiger partial charge in [-0.2, -0.15) is 16.7 Å². The van der Waals surface area contributed by atoms with Crippen LogP contribution in [0, 0.1) is 5.92 Å². The number of anilines is 1. The predicted molar refractivity (Wildman–Crippen MR) is 63.0 cm³/mol. The molecule has 82 valence electrons. The van der Waals surface area contributed by atoms with E-state index in [1.54, 1.807) is 12.5 Å². The van der Waals surface area contributed by atoms with E-state index >= 15 is 0 Å². The van der Waals surface area contributed by atoms with Crippen LogP contribution in [-0.4, -0.2) is 21.1 Å². The summed E-state index contributed by atoms with van der Waals surface area (Å²) >= 11 is 2.02. The molecule has 0 bridgehead atoms. The van der Waals surface area contributed by atoms with Crippen LogP contribution in [-0.2, 0) is 6.54 Å². The number of nitrogens with two attached hydrogens (primary N) is 1. The van der Waals surface area contributed by atoms with Gasteiger partial charge in [0.25, 0.3) is 5.56 Å². The quantitative estimate of drug-likeness (QED) is 0.814. The van der Waals surface area contributed by atoms with Crippen LogP contribution in [0.15, 0.2) is 17.3 Å². The Labute approximate surface area is 92.9 Å². The van der Waals surface area contributed by atoms with Crippen molar-refractivity contribution in [3.63, 3.8) is 0 Å². The van der Waals surface area contributed by atoms with Gasteiger partial charge >= 0.3 is 0 Å². The molecule has 15 heavy (non-hydrogen) atoms. The van der Waals surface area contributed by atoms with Gasteiger partial charge in [0.2, 0.25) is 0 Å². The van der Waals surface area contributed by atoms with Crippen LogP contribution in [0.4, 0.5) is 5.69 Å². The van der Waals surface area contributed by atoms with Crippen molar-refractivity contribution < 1.29 is 0 Å². The lowest BCUT2D eigenvalue weighted by Gasteiger charge is -2.22. The molecule has 1 fully saturated rings. The van der Waals surface area contributed by atoms with Crippen LogP contribution in [0.3, 0.4) is 0 Å². The zero-order valence-corrected chi connectivity index (χ0v) is 9.37. The van der Waals surface area contributed by atoms with Crippen LogP contribution in [0.25, 0.3) is 0 Å². The molecule has 5 heteroatoms. The smallest absolute Gasteiger partial charge is 0.295 e. The first-order valence-corrected chi connectivity index (χ1v) is 6.30. The van der Waals surface area contributed by atoms with E-state index in [1.165, 1.54) is 24.3 Å². The molecule has 0 radical (unpaired) electrons. The molecule has 0 aliphatic carbocycles. The largest absolute Gasteiger partial charge is 0.393 e. The standard InChI is InChI=1S/C10H15N3OS/c11-9-6-13(7-12-10(9)14)5-8-1-3-15-4-2-8/h6-8H,1-5,11H2. The van der Waals surface area contributed by atoms with Crippen molar-refractivity contribution in [2.75, 3.05) is 17.2 Å². The molecule has 2 heterocycles. The summed E-state index contributed by atoms with van der Waals surface area (Å²) in [5, 5.41) is 0. The maximum Gasteiger partial charge on any atom is 0.295 e. The molecule has 2 N–H and O–H groups in total. The number of nitrogen functional groups attached to an aromatic ring is 1. The summed E-state index contributed by atoms with van der Waals surface area (Å²) in [6, 6.07) is 0. The second-order valence-electron chi connectivity index (χ2n) is 3.89. The van der Waals surface area contributed by atoms with E-state index in [1.807, 2.05) is 16.3 Å². The zero-order chi connectivity index (χ0) is 10.7. The van der Waals surface area contributed by atoms with E-state index in [0.29, 0.717) is 5.92 Å². The van der Waals surface area contributed by atoms with Gasteiger partial charge in [0.05, 0.1) is 6.33 Å². The summed E-state index contributed by atoms with van der Waals surface area (Å²) < 4.78 is 1.93. The van der Waals surface area contributed by atoms with Gasteiger partial charge in [0.15, 0.2) is 0 Å². The highest BCUT2D eigenvalue weighted by molar-refractivity contribution is 7.99. The zero-order valence-electron chi connectivity index (χ0n) is 8.56. The molecule has 4 nitrogen and oxygen atoms in total. The van der Waals surface area contributed by atoms with Gasteiger partial charge in [-0.15, -0.1) is 0 Å². The highest BCUT2D eigenvalue weighted by Crippen LogP contribution is 2.23. The predicted octanol–water partition coefficient (Wildman–Crippen LogP) is 0.969. The third-order valence-corrected chi connectivity index (χ3v) is 3.73. The van der Waals surface area contributed by atoms with Crippen LogP contribution < -0.4 is 11.3 Å². The van der Waals surface area contributed by atoms with Gasteiger partial charge in [-0.3, -0.25) is 4.79 Å². The molecule has 0 aromatic carbocycles. The highest BCUT2D eigenvalue weighted by atomic mass is 32.2. The minimum atomic E-state index is -0.328. The third-order valence-electron chi connectivity index (χ3n) is 2.69. The maximum atomic E-state index is 11.0. The molecule has 0 unspecified atom stereocenters. The normalized spacial score (nSPS) is 17.9. The molecule has 0 spiro atoms. The van der Waals surface area contributed by atoms with Gasteiger partial charge in [-0.05, 0) is 30.3 Å². The Morgan fingerprint density at radius 2 is 2.27 bits per heavy atom. The second-order valence-corrected chi connectivity index (χ2v) is 5.11. The van der Waals surface area contributed by atoms with E-state index in [2.05, 4.69) is 4.98 Å². The lowest BCUT2D eigenvalue weighted by molar-refractivity contribution is 0.413. The van der Waals surface area contributed by atoms with E-state index < -0.39 is 0 Å². The lowest BCUT2D eigenvalue weighted by atomic mass is 10.0. The molecule has 0 atom stereocenters. The van der Waals surface area contributed by atoms with Gasteiger partial charge in [0.1, 0.15) is 5.69 Å². The molecular weight excluding hydrogens is 210 g/mol. The van der Waals surface area contributed by atoms with Gasteiger partial charge in [-0.25, -0.2) is 0 Å². The van der Waals surface area contributed by atoms with E-state index in [-0.39, 0.29) is 11.2 Å². The average molecular weight is 225 g/mol. The Hall–Kier alpha value is -0.970. The van der Waals surface area contributed by atoms with Crippen LogP contribution >= 0.6 is 11.8 Å². The first-order chi connectivity index (χ1) is 7.25. The fourth-order valence-electron chi connectivity index (χ4n) is 1.80. The summed E-state index contributed by atoms with van der Waals surface area (Å²) in [6.45, 7) is 0.929. The molecule has 1 aromatic heterocycles. The number of nitrogens with zero attached hydrogens (tertiary/aromatic N) is 2. The van der Waals surface area contributed by atoms with E-state index in [0.717, 1.165) is 6.54 Å². The fourth-order valence-corrected chi connectivity index (χ4v) is 3.00. The number of hydrogen-bond acceptors (Lipinski definition) is 4. The van der Waals surface area contributed by atoms with Crippen LogP contribution in [0.2, 0.25) is 0 Å². The molecule has 1 aromatic rings. The van der Waals surface area contributed by atoms with E-state index in [4.69, 9.17) is 5.73 Å². The van der Waals surface area contributed by atoms with Crippen molar-refractivity contribution >= 4 is 17.4 Å². The van der Waals surface area contributed by atoms with Crippen molar-refractivity contribution in [3.8, 4) is 0 Å². The second kappa shape index (κ2) is 4.70. The van der Waals surface area contributed by atoms with E-state index in [9.17, 15) is 4.79 Å². The molecule has 1 aliphatic rings. The number of hydrogen-bond donors (Lipinski definition) is 1. The summed E-state index contributed by atoms with van der Waals surface area (Å²) in [4.78, 5) is 14.7. The Kier molecular flexibility index (Phi) is 3.30. The monoisotopic (exact) mass is 225 g/mol. The van der Waals surface area contributed by atoms with Gasteiger partial charge in [-0.1, -0.05) is 0 Å². The third kappa shape index (κ3) is 2.75. The Morgan fingerprint density at radius 1 is 1.53 bits per heavy atom. The van der Waals surface area contributed by atoms with Crippen molar-refractivity contribution in [2.45, 2.75) is 19.4 Å². The topological polar surface area (TPSA) is 60.9 Å². The molecule has 0 amide bonds. The molecule has 1 aliphatic heterocycles. The van der Waals surface area contributed by atoms with Crippen molar-refractivity contribution in [1.29, 1.82) is 0 Å². The Balaban J connectivity index is 2.03. The highest BCUT2D eigenvalue weighted by Gasteiger charge is 2.13. The minimum absolute atomic E-state index is 0.239.